The lowest BCUT2D eigenvalue weighted by atomic mass is 9.47. The van der Waals surface area contributed by atoms with E-state index in [9.17, 15) is 5.11 Å². The molecule has 1 N–H and O–H groups in total. The van der Waals surface area contributed by atoms with E-state index < -0.39 is 0 Å². The fourth-order valence-electron chi connectivity index (χ4n) is 8.83. The van der Waals surface area contributed by atoms with Crippen molar-refractivity contribution in [3.05, 3.63) is 23.8 Å². The third-order valence-electron chi connectivity index (χ3n) is 10.8. The number of hydrogen-bond donors (Lipinski definition) is 1. The Morgan fingerprint density at radius 3 is 2.50 bits per heavy atom. The minimum Gasteiger partial charge on any atom is -0.393 e. The maximum absolute atomic E-state index is 10.2. The second kappa shape index (κ2) is 8.42. The summed E-state index contributed by atoms with van der Waals surface area (Å²) in [5, 5.41) is 10.2. The molecule has 0 aliphatic heterocycles. The molecule has 3 saturated carbocycles. The summed E-state index contributed by atoms with van der Waals surface area (Å²) in [5.74, 6) is 5.70. The van der Waals surface area contributed by atoms with Crippen LogP contribution in [-0.4, -0.2) is 11.2 Å². The fourth-order valence-corrected chi connectivity index (χ4v) is 8.83. The van der Waals surface area contributed by atoms with Gasteiger partial charge in [0.25, 0.3) is 0 Å². The van der Waals surface area contributed by atoms with Gasteiger partial charge in [0, 0.05) is 0 Å². The molecule has 0 aromatic rings. The first-order valence-corrected chi connectivity index (χ1v) is 13.3. The lowest BCUT2D eigenvalue weighted by Gasteiger charge is -2.58. The van der Waals surface area contributed by atoms with Crippen LogP contribution >= 0.6 is 0 Å². The second-order valence-corrected chi connectivity index (χ2v) is 12.4. The molecule has 9 atom stereocenters. The molecule has 30 heavy (non-hydrogen) atoms. The molecule has 0 aromatic heterocycles. The van der Waals surface area contributed by atoms with Gasteiger partial charge in [0.2, 0.25) is 0 Å². The molecule has 4 rings (SSSR count). The molecule has 0 aromatic carbocycles. The van der Waals surface area contributed by atoms with E-state index >= 15 is 0 Å². The Balaban J connectivity index is 1.52. The first-order valence-electron chi connectivity index (χ1n) is 13.3. The quantitative estimate of drug-likeness (QED) is 0.457. The Morgan fingerprint density at radius 2 is 1.80 bits per heavy atom. The third kappa shape index (κ3) is 3.66. The lowest BCUT2D eigenvalue weighted by Crippen LogP contribution is -2.50. The molecule has 4 aliphatic carbocycles. The number of fused-ring (bicyclic) bond motifs is 5. The molecule has 4 aliphatic rings. The van der Waals surface area contributed by atoms with Crippen LogP contribution in [0.1, 0.15) is 99.3 Å². The van der Waals surface area contributed by atoms with Crippen molar-refractivity contribution >= 4 is 0 Å². The van der Waals surface area contributed by atoms with E-state index in [1.54, 1.807) is 5.57 Å². The molecule has 1 nitrogen and oxygen atoms in total. The van der Waals surface area contributed by atoms with Gasteiger partial charge in [-0.3, -0.25) is 0 Å². The molecule has 0 bridgehead atoms. The van der Waals surface area contributed by atoms with Gasteiger partial charge in [-0.05, 0) is 110 Å². The fraction of sp³-hybridized carbons (Fsp3) is 0.862. The maximum atomic E-state index is 10.2. The van der Waals surface area contributed by atoms with Gasteiger partial charge in [0.15, 0.2) is 0 Å². The van der Waals surface area contributed by atoms with Crippen LogP contribution < -0.4 is 0 Å². The van der Waals surface area contributed by atoms with Gasteiger partial charge >= 0.3 is 0 Å². The van der Waals surface area contributed by atoms with Gasteiger partial charge in [-0.25, -0.2) is 0 Å². The Kier molecular flexibility index (Phi) is 6.35. The van der Waals surface area contributed by atoms with Gasteiger partial charge in [0.05, 0.1) is 6.10 Å². The van der Waals surface area contributed by atoms with Crippen LogP contribution in [0.25, 0.3) is 0 Å². The molecule has 0 unspecified atom stereocenters. The van der Waals surface area contributed by atoms with E-state index in [0.717, 1.165) is 48.3 Å². The Morgan fingerprint density at radius 1 is 1.03 bits per heavy atom. The van der Waals surface area contributed by atoms with Crippen molar-refractivity contribution in [1.82, 2.24) is 0 Å². The molecule has 0 saturated heterocycles. The van der Waals surface area contributed by atoms with Gasteiger partial charge in [-0.1, -0.05) is 65.3 Å². The lowest BCUT2D eigenvalue weighted by molar-refractivity contribution is -0.0540. The van der Waals surface area contributed by atoms with Gasteiger partial charge in [0.1, 0.15) is 0 Å². The average Bonchev–Trinajstić information content (AvgIpc) is 3.06. The van der Waals surface area contributed by atoms with Crippen molar-refractivity contribution in [3.8, 4) is 0 Å². The van der Waals surface area contributed by atoms with Crippen LogP contribution in [0, 0.1) is 52.3 Å². The SMILES string of the molecule is CC[C@H](C=C[C@@H](C)[C@H]1CC[C@H]2[C@@H]3CC=C4C[C@@H](O)CC[C@@]4(C)[C@H]3CC[C@@]12C)C(C)C. The van der Waals surface area contributed by atoms with Crippen LogP contribution in [0.15, 0.2) is 23.8 Å². The van der Waals surface area contributed by atoms with E-state index in [1.165, 1.54) is 44.9 Å². The zero-order valence-corrected chi connectivity index (χ0v) is 20.7. The van der Waals surface area contributed by atoms with E-state index in [4.69, 9.17) is 0 Å². The monoisotopic (exact) mass is 412 g/mol. The highest BCUT2D eigenvalue weighted by Gasteiger charge is 2.58. The first-order chi connectivity index (χ1) is 14.2. The highest BCUT2D eigenvalue weighted by Crippen LogP contribution is 2.67. The zero-order chi connectivity index (χ0) is 21.7. The van der Waals surface area contributed by atoms with Crippen molar-refractivity contribution in [3.63, 3.8) is 0 Å². The van der Waals surface area contributed by atoms with E-state index in [0.29, 0.717) is 16.7 Å². The van der Waals surface area contributed by atoms with E-state index in [-0.39, 0.29) is 6.10 Å². The summed E-state index contributed by atoms with van der Waals surface area (Å²) >= 11 is 0. The van der Waals surface area contributed by atoms with Crippen molar-refractivity contribution in [2.45, 2.75) is 105 Å². The normalized spacial score (nSPS) is 45.6. The van der Waals surface area contributed by atoms with Gasteiger partial charge < -0.3 is 5.11 Å². The molecule has 170 valence electrons. The first kappa shape index (κ1) is 22.6. The number of aliphatic hydroxyl groups is 1. The standard InChI is InChI=1S/C29H48O/c1-7-21(19(2)3)9-8-20(4)25-12-13-26-24-11-10-22-18-23(30)14-16-28(22,5)27(24)15-17-29(25,26)6/h8-10,19-21,23-27,30H,7,11-18H2,1-6H3/t20-,21-,23+,24+,25-,26+,27+,28-,29+/m1/s1. The summed E-state index contributed by atoms with van der Waals surface area (Å²) in [6, 6.07) is 0. The number of allylic oxidation sites excluding steroid dienone is 3. The summed E-state index contributed by atoms with van der Waals surface area (Å²) in [7, 11) is 0. The Hall–Kier alpha value is -0.560. The summed E-state index contributed by atoms with van der Waals surface area (Å²) in [4.78, 5) is 0. The highest BCUT2D eigenvalue weighted by molar-refractivity contribution is 5.25. The highest BCUT2D eigenvalue weighted by atomic mass is 16.3. The molecular formula is C29H48O. The predicted molar refractivity (Wildman–Crippen MR) is 128 cm³/mol. The van der Waals surface area contributed by atoms with Crippen molar-refractivity contribution in [1.29, 1.82) is 0 Å². The largest absolute Gasteiger partial charge is 0.393 e. The maximum Gasteiger partial charge on any atom is 0.0577 e. The molecule has 0 spiro atoms. The van der Waals surface area contributed by atoms with Crippen molar-refractivity contribution < 1.29 is 5.11 Å². The minimum absolute atomic E-state index is 0.0870. The van der Waals surface area contributed by atoms with Crippen molar-refractivity contribution in [2.75, 3.05) is 0 Å². The van der Waals surface area contributed by atoms with Gasteiger partial charge in [-0.15, -0.1) is 0 Å². The average molecular weight is 413 g/mol. The minimum atomic E-state index is -0.0870. The molecular weight excluding hydrogens is 364 g/mol. The van der Waals surface area contributed by atoms with Crippen LogP contribution in [0.4, 0.5) is 0 Å². The molecule has 3 fully saturated rings. The predicted octanol–water partition coefficient (Wildman–Crippen LogP) is 7.80. The van der Waals surface area contributed by atoms with Crippen LogP contribution in [0.5, 0.6) is 0 Å². The number of aliphatic hydroxyl groups excluding tert-OH is 1. The molecule has 0 heterocycles. The molecule has 0 amide bonds. The zero-order valence-electron chi connectivity index (χ0n) is 20.7. The molecule has 0 radical (unpaired) electrons. The Bertz CT molecular complexity index is 674. The Labute approximate surface area is 186 Å². The summed E-state index contributed by atoms with van der Waals surface area (Å²) in [5.41, 5.74) is 2.51. The third-order valence-corrected chi connectivity index (χ3v) is 10.8. The van der Waals surface area contributed by atoms with Gasteiger partial charge in [-0.2, -0.15) is 0 Å². The topological polar surface area (TPSA) is 20.2 Å². The number of rotatable bonds is 5. The van der Waals surface area contributed by atoms with Crippen LogP contribution in [-0.2, 0) is 0 Å². The second-order valence-electron chi connectivity index (χ2n) is 12.4. The van der Waals surface area contributed by atoms with Crippen LogP contribution in [0.2, 0.25) is 0 Å². The van der Waals surface area contributed by atoms with E-state index in [2.05, 4.69) is 59.8 Å². The summed E-state index contributed by atoms with van der Waals surface area (Å²) in [6.45, 7) is 14.8. The summed E-state index contributed by atoms with van der Waals surface area (Å²) < 4.78 is 0. The molecule has 1 heteroatoms. The number of hydrogen-bond acceptors (Lipinski definition) is 1. The van der Waals surface area contributed by atoms with E-state index in [1.807, 2.05) is 0 Å². The van der Waals surface area contributed by atoms with Crippen LogP contribution in [0.3, 0.4) is 0 Å². The van der Waals surface area contributed by atoms with Crippen molar-refractivity contribution in [2.24, 2.45) is 52.3 Å². The summed E-state index contributed by atoms with van der Waals surface area (Å²) in [6.07, 6.45) is 19.1. The smallest absolute Gasteiger partial charge is 0.0577 e.